The zero-order valence-electron chi connectivity index (χ0n) is 22.6. The number of para-hydroxylation sites is 3. The van der Waals surface area contributed by atoms with E-state index < -0.39 is 0 Å². The first-order valence-electron chi connectivity index (χ1n) is 13.1. The second-order valence-corrected chi connectivity index (χ2v) is 9.55. The van der Waals surface area contributed by atoms with Crippen molar-refractivity contribution < 1.29 is 14.3 Å². The number of carbonyl (C=O) groups excluding carboxylic acids is 2. The summed E-state index contributed by atoms with van der Waals surface area (Å²) in [6.07, 6.45) is 0.829. The van der Waals surface area contributed by atoms with Gasteiger partial charge in [-0.15, -0.1) is 0 Å². The maximum absolute atomic E-state index is 13.3. The van der Waals surface area contributed by atoms with Crippen molar-refractivity contribution in [1.29, 1.82) is 0 Å². The van der Waals surface area contributed by atoms with Gasteiger partial charge in [0, 0.05) is 49.3 Å². The summed E-state index contributed by atoms with van der Waals surface area (Å²) in [5.41, 5.74) is 4.74. The van der Waals surface area contributed by atoms with Crippen LogP contribution in [0.4, 0.5) is 27.5 Å². The number of urea groups is 1. The molecule has 1 aliphatic heterocycles. The molecule has 1 saturated heterocycles. The van der Waals surface area contributed by atoms with Gasteiger partial charge < -0.3 is 30.5 Å². The van der Waals surface area contributed by atoms with Crippen LogP contribution in [0.3, 0.4) is 0 Å². The number of nitrogens with one attached hydrogen (secondary N) is 3. The molecule has 200 valence electrons. The standard InChI is InChI=1S/C30H37N5O3/c1-5-22(3)31-29(36)24-20-23(32-30(37)33-25-11-7-6-10-21(25)2)14-15-26(24)34-16-18-35(19-17-34)27-12-8-9-13-28(27)38-4/h6-15,20,22H,5,16-19H2,1-4H3,(H,31,36)(H2,32,33,37). The first-order valence-corrected chi connectivity index (χ1v) is 13.1. The van der Waals surface area contributed by atoms with Gasteiger partial charge in [-0.2, -0.15) is 0 Å². The second kappa shape index (κ2) is 12.4. The summed E-state index contributed by atoms with van der Waals surface area (Å²) in [5, 5.41) is 8.84. The van der Waals surface area contributed by atoms with Crippen LogP contribution in [0.15, 0.2) is 66.7 Å². The Kier molecular flexibility index (Phi) is 8.73. The molecule has 0 aromatic heterocycles. The summed E-state index contributed by atoms with van der Waals surface area (Å²) in [6, 6.07) is 20.8. The average molecular weight is 516 g/mol. The van der Waals surface area contributed by atoms with Crippen molar-refractivity contribution in [3.05, 3.63) is 77.9 Å². The highest BCUT2D eigenvalue weighted by atomic mass is 16.5. The van der Waals surface area contributed by atoms with E-state index in [4.69, 9.17) is 4.74 Å². The van der Waals surface area contributed by atoms with Crippen LogP contribution in [0.25, 0.3) is 0 Å². The molecule has 1 heterocycles. The summed E-state index contributed by atoms with van der Waals surface area (Å²) in [4.78, 5) is 30.6. The van der Waals surface area contributed by atoms with Crippen LogP contribution in [0, 0.1) is 6.92 Å². The summed E-state index contributed by atoms with van der Waals surface area (Å²) >= 11 is 0. The lowest BCUT2D eigenvalue weighted by Gasteiger charge is -2.38. The normalized spacial score (nSPS) is 14.0. The molecule has 3 aromatic rings. The van der Waals surface area contributed by atoms with E-state index in [-0.39, 0.29) is 18.0 Å². The topological polar surface area (TPSA) is 85.9 Å². The number of hydrogen-bond acceptors (Lipinski definition) is 5. The summed E-state index contributed by atoms with van der Waals surface area (Å²) in [7, 11) is 1.69. The number of benzene rings is 3. The number of ether oxygens (including phenoxy) is 1. The Morgan fingerprint density at radius 1 is 0.895 bits per heavy atom. The van der Waals surface area contributed by atoms with Crippen LogP contribution in [0.5, 0.6) is 5.75 Å². The highest BCUT2D eigenvalue weighted by molar-refractivity contribution is 6.04. The van der Waals surface area contributed by atoms with Gasteiger partial charge in [-0.25, -0.2) is 4.79 Å². The van der Waals surface area contributed by atoms with E-state index in [1.165, 1.54) is 0 Å². The molecule has 1 fully saturated rings. The van der Waals surface area contributed by atoms with Gasteiger partial charge >= 0.3 is 6.03 Å². The Labute approximate surface area is 225 Å². The number of rotatable bonds is 8. The average Bonchev–Trinajstić information content (AvgIpc) is 2.94. The number of anilines is 4. The maximum Gasteiger partial charge on any atom is 0.323 e. The van der Waals surface area contributed by atoms with Gasteiger partial charge in [0.25, 0.3) is 5.91 Å². The molecule has 0 spiro atoms. The number of amides is 3. The zero-order valence-corrected chi connectivity index (χ0v) is 22.6. The lowest BCUT2D eigenvalue weighted by Crippen LogP contribution is -2.47. The van der Waals surface area contributed by atoms with Gasteiger partial charge in [-0.05, 0) is 62.2 Å². The SMILES string of the molecule is CCC(C)NC(=O)c1cc(NC(=O)Nc2ccccc2C)ccc1N1CCN(c2ccccc2OC)CC1. The number of aryl methyl sites for hydroxylation is 1. The summed E-state index contributed by atoms with van der Waals surface area (Å²) in [5.74, 6) is 0.707. The van der Waals surface area contributed by atoms with Crippen molar-refractivity contribution in [3.63, 3.8) is 0 Å². The Morgan fingerprint density at radius 3 is 2.24 bits per heavy atom. The predicted octanol–water partition coefficient (Wildman–Crippen LogP) is 5.50. The van der Waals surface area contributed by atoms with Crippen LogP contribution in [0.1, 0.15) is 36.2 Å². The number of methoxy groups -OCH3 is 1. The van der Waals surface area contributed by atoms with Crippen molar-refractivity contribution >= 4 is 34.7 Å². The number of piperazine rings is 1. The summed E-state index contributed by atoms with van der Waals surface area (Å²) < 4.78 is 5.55. The maximum atomic E-state index is 13.3. The Hall–Kier alpha value is -4.20. The smallest absolute Gasteiger partial charge is 0.323 e. The third-order valence-corrected chi connectivity index (χ3v) is 6.93. The molecule has 3 aromatic carbocycles. The van der Waals surface area contributed by atoms with Gasteiger partial charge in [-0.3, -0.25) is 4.79 Å². The summed E-state index contributed by atoms with van der Waals surface area (Å²) in [6.45, 7) is 9.06. The molecule has 0 saturated carbocycles. The van der Waals surface area contributed by atoms with Crippen LogP contribution < -0.4 is 30.5 Å². The molecule has 0 aliphatic carbocycles. The quantitative estimate of drug-likeness (QED) is 0.369. The Balaban J connectivity index is 1.52. The number of hydrogen-bond donors (Lipinski definition) is 3. The fourth-order valence-electron chi connectivity index (χ4n) is 4.55. The molecule has 4 rings (SSSR count). The molecule has 1 unspecified atom stereocenters. The van der Waals surface area contributed by atoms with Crippen LogP contribution in [-0.4, -0.2) is 51.3 Å². The minimum Gasteiger partial charge on any atom is -0.495 e. The zero-order chi connectivity index (χ0) is 27.1. The highest BCUT2D eigenvalue weighted by Gasteiger charge is 2.24. The molecular formula is C30H37N5O3. The highest BCUT2D eigenvalue weighted by Crippen LogP contribution is 2.31. The van der Waals surface area contributed by atoms with E-state index in [0.29, 0.717) is 11.3 Å². The Bertz CT molecular complexity index is 1270. The molecule has 8 heteroatoms. The fourth-order valence-corrected chi connectivity index (χ4v) is 4.55. The van der Waals surface area contributed by atoms with E-state index in [1.807, 2.05) is 75.4 Å². The third-order valence-electron chi connectivity index (χ3n) is 6.93. The van der Waals surface area contributed by atoms with Gasteiger partial charge in [0.1, 0.15) is 5.75 Å². The van der Waals surface area contributed by atoms with Crippen LogP contribution in [0.2, 0.25) is 0 Å². The van der Waals surface area contributed by atoms with Crippen LogP contribution >= 0.6 is 0 Å². The van der Waals surface area contributed by atoms with E-state index in [0.717, 1.165) is 61.0 Å². The van der Waals surface area contributed by atoms with Gasteiger partial charge in [0.2, 0.25) is 0 Å². The first-order chi connectivity index (χ1) is 18.4. The lowest BCUT2D eigenvalue weighted by molar-refractivity contribution is 0.0939. The van der Waals surface area contributed by atoms with Gasteiger partial charge in [0.15, 0.2) is 0 Å². The molecule has 1 aliphatic rings. The van der Waals surface area contributed by atoms with Crippen molar-refractivity contribution in [3.8, 4) is 5.75 Å². The first kappa shape index (κ1) is 26.9. The molecule has 0 bridgehead atoms. The van der Waals surface area contributed by atoms with E-state index >= 15 is 0 Å². The van der Waals surface area contributed by atoms with Gasteiger partial charge in [-0.1, -0.05) is 37.3 Å². The van der Waals surface area contributed by atoms with Crippen molar-refractivity contribution in [2.75, 3.05) is 53.7 Å². The van der Waals surface area contributed by atoms with E-state index in [9.17, 15) is 9.59 Å². The van der Waals surface area contributed by atoms with Crippen molar-refractivity contribution in [2.24, 2.45) is 0 Å². The predicted molar refractivity (Wildman–Crippen MR) is 155 cm³/mol. The molecule has 8 nitrogen and oxygen atoms in total. The fraction of sp³-hybridized carbons (Fsp3) is 0.333. The van der Waals surface area contributed by atoms with Gasteiger partial charge in [0.05, 0.1) is 18.4 Å². The van der Waals surface area contributed by atoms with E-state index in [1.54, 1.807) is 13.2 Å². The van der Waals surface area contributed by atoms with Crippen molar-refractivity contribution in [1.82, 2.24) is 5.32 Å². The van der Waals surface area contributed by atoms with Crippen molar-refractivity contribution in [2.45, 2.75) is 33.2 Å². The number of carbonyl (C=O) groups is 2. The third kappa shape index (κ3) is 6.37. The monoisotopic (exact) mass is 515 g/mol. The molecular weight excluding hydrogens is 478 g/mol. The molecule has 3 N–H and O–H groups in total. The molecule has 38 heavy (non-hydrogen) atoms. The molecule has 3 amide bonds. The lowest BCUT2D eigenvalue weighted by atomic mass is 10.1. The molecule has 0 radical (unpaired) electrons. The molecule has 1 atom stereocenters. The largest absolute Gasteiger partial charge is 0.495 e. The van der Waals surface area contributed by atoms with E-state index in [2.05, 4.69) is 31.8 Å². The Morgan fingerprint density at radius 2 is 1.55 bits per heavy atom. The minimum absolute atomic E-state index is 0.0405. The minimum atomic E-state index is -0.356. The second-order valence-electron chi connectivity index (χ2n) is 9.55. The number of nitrogens with zero attached hydrogens (tertiary/aromatic N) is 2. The van der Waals surface area contributed by atoms with Crippen LogP contribution in [-0.2, 0) is 0 Å².